The molecule has 0 saturated carbocycles. The molecule has 2 fully saturated rings. The molecule has 1 atom stereocenters. The molecule has 0 aromatic heterocycles. The van der Waals surface area contributed by atoms with Crippen molar-refractivity contribution in [3.8, 4) is 11.5 Å². The lowest BCUT2D eigenvalue weighted by Crippen LogP contribution is -2.53. The van der Waals surface area contributed by atoms with Crippen molar-refractivity contribution in [1.29, 1.82) is 0 Å². The zero-order chi connectivity index (χ0) is 24.0. The summed E-state index contributed by atoms with van der Waals surface area (Å²) in [7, 11) is 1.60. The molecule has 2 saturated heterocycles. The van der Waals surface area contributed by atoms with Crippen molar-refractivity contribution in [3.63, 3.8) is 0 Å². The SMILES string of the molecule is COc1ccc(N2CC(C(=O)N3CCC4(CC3)CC(=O)c3cc(C)cc(C)c3O4)CC2=O)cc1. The fourth-order valence-corrected chi connectivity index (χ4v) is 5.49. The molecule has 3 heterocycles. The zero-order valence-electron chi connectivity index (χ0n) is 19.9. The Balaban J connectivity index is 1.24. The van der Waals surface area contributed by atoms with Crippen molar-refractivity contribution in [2.75, 3.05) is 31.6 Å². The van der Waals surface area contributed by atoms with Crippen molar-refractivity contribution in [3.05, 3.63) is 53.1 Å². The van der Waals surface area contributed by atoms with Gasteiger partial charge >= 0.3 is 0 Å². The number of benzene rings is 2. The van der Waals surface area contributed by atoms with Crippen LogP contribution in [-0.4, -0.2) is 54.8 Å². The second kappa shape index (κ2) is 8.46. The summed E-state index contributed by atoms with van der Waals surface area (Å²) < 4.78 is 11.6. The number of ether oxygens (including phenoxy) is 2. The van der Waals surface area contributed by atoms with E-state index in [0.29, 0.717) is 50.2 Å². The Hall–Kier alpha value is -3.35. The third-order valence-corrected chi connectivity index (χ3v) is 7.37. The Morgan fingerprint density at radius 2 is 1.79 bits per heavy atom. The highest BCUT2D eigenvalue weighted by Gasteiger charge is 2.46. The predicted molar refractivity (Wildman–Crippen MR) is 127 cm³/mol. The van der Waals surface area contributed by atoms with Crippen LogP contribution >= 0.6 is 0 Å². The molecule has 2 aromatic carbocycles. The normalized spacial score (nSPS) is 21.4. The molecule has 2 aromatic rings. The molecule has 1 unspecified atom stereocenters. The summed E-state index contributed by atoms with van der Waals surface area (Å²) in [5.74, 6) is 1.14. The summed E-state index contributed by atoms with van der Waals surface area (Å²) in [6.07, 6.45) is 1.78. The molecule has 0 radical (unpaired) electrons. The standard InChI is InChI=1S/C27H30N2O5/c1-17-12-18(2)25-22(13-17)23(30)15-27(34-25)8-10-28(11-9-27)26(32)19-14-24(31)29(16-19)20-4-6-21(33-3)7-5-20/h4-7,12-13,19H,8-11,14-16H2,1-3H3. The minimum atomic E-state index is -0.554. The van der Waals surface area contributed by atoms with E-state index in [1.54, 1.807) is 12.0 Å². The molecule has 1 spiro atoms. The average molecular weight is 463 g/mol. The molecular weight excluding hydrogens is 432 g/mol. The molecule has 0 aliphatic carbocycles. The third kappa shape index (κ3) is 3.93. The number of fused-ring (bicyclic) bond motifs is 1. The Kier molecular flexibility index (Phi) is 5.58. The summed E-state index contributed by atoms with van der Waals surface area (Å²) in [4.78, 5) is 42.4. The van der Waals surface area contributed by atoms with E-state index < -0.39 is 5.60 Å². The van der Waals surface area contributed by atoms with Crippen LogP contribution in [0.4, 0.5) is 5.69 Å². The number of hydrogen-bond acceptors (Lipinski definition) is 5. The Bertz CT molecular complexity index is 1150. The van der Waals surface area contributed by atoms with E-state index >= 15 is 0 Å². The summed E-state index contributed by atoms with van der Waals surface area (Å²) >= 11 is 0. The van der Waals surface area contributed by atoms with Gasteiger partial charge in [0, 0.05) is 44.6 Å². The van der Waals surface area contributed by atoms with Gasteiger partial charge in [-0.1, -0.05) is 6.07 Å². The molecule has 3 aliphatic heterocycles. The van der Waals surface area contributed by atoms with Gasteiger partial charge in [-0.25, -0.2) is 0 Å². The Labute approximate surface area is 199 Å². The first kappa shape index (κ1) is 22.4. The van der Waals surface area contributed by atoms with Gasteiger partial charge in [-0.3, -0.25) is 14.4 Å². The van der Waals surface area contributed by atoms with Gasteiger partial charge < -0.3 is 19.3 Å². The molecule has 34 heavy (non-hydrogen) atoms. The summed E-state index contributed by atoms with van der Waals surface area (Å²) in [5.41, 5.74) is 2.92. The van der Waals surface area contributed by atoms with Crippen molar-refractivity contribution in [2.45, 2.75) is 45.1 Å². The molecule has 5 rings (SSSR count). The average Bonchev–Trinajstić information content (AvgIpc) is 3.22. The maximum Gasteiger partial charge on any atom is 0.228 e. The van der Waals surface area contributed by atoms with Crippen LogP contribution in [-0.2, 0) is 9.59 Å². The van der Waals surface area contributed by atoms with Gasteiger partial charge in [-0.2, -0.15) is 0 Å². The number of anilines is 1. The zero-order valence-corrected chi connectivity index (χ0v) is 19.9. The highest BCUT2D eigenvalue weighted by atomic mass is 16.5. The third-order valence-electron chi connectivity index (χ3n) is 7.37. The molecule has 7 heteroatoms. The lowest BCUT2D eigenvalue weighted by molar-refractivity contribution is -0.139. The van der Waals surface area contributed by atoms with Gasteiger partial charge in [0.25, 0.3) is 0 Å². The van der Waals surface area contributed by atoms with Gasteiger partial charge in [0.1, 0.15) is 17.1 Å². The fourth-order valence-electron chi connectivity index (χ4n) is 5.49. The van der Waals surface area contributed by atoms with Gasteiger partial charge in [-0.05, 0) is 55.3 Å². The summed E-state index contributed by atoms with van der Waals surface area (Å²) in [5, 5.41) is 0. The number of amides is 2. The van der Waals surface area contributed by atoms with E-state index in [4.69, 9.17) is 9.47 Å². The maximum absolute atomic E-state index is 13.3. The van der Waals surface area contributed by atoms with Crippen LogP contribution in [0.1, 0.15) is 47.2 Å². The minimum absolute atomic E-state index is 0.00792. The van der Waals surface area contributed by atoms with Gasteiger partial charge in [0.15, 0.2) is 5.78 Å². The van der Waals surface area contributed by atoms with Crippen LogP contribution < -0.4 is 14.4 Å². The first-order valence-electron chi connectivity index (χ1n) is 11.9. The minimum Gasteiger partial charge on any atom is -0.497 e. The van der Waals surface area contributed by atoms with Crippen molar-refractivity contribution in [2.24, 2.45) is 5.92 Å². The fraction of sp³-hybridized carbons (Fsp3) is 0.444. The number of methoxy groups -OCH3 is 1. The Morgan fingerprint density at radius 1 is 1.09 bits per heavy atom. The van der Waals surface area contributed by atoms with Crippen LogP contribution in [0.25, 0.3) is 0 Å². The van der Waals surface area contributed by atoms with E-state index in [9.17, 15) is 14.4 Å². The topological polar surface area (TPSA) is 76.2 Å². The lowest BCUT2D eigenvalue weighted by atomic mass is 9.81. The summed E-state index contributed by atoms with van der Waals surface area (Å²) in [6, 6.07) is 11.3. The van der Waals surface area contributed by atoms with Crippen molar-refractivity contribution in [1.82, 2.24) is 4.90 Å². The van der Waals surface area contributed by atoms with Gasteiger partial charge in [0.05, 0.1) is 25.0 Å². The van der Waals surface area contributed by atoms with Crippen LogP contribution in [0.5, 0.6) is 11.5 Å². The number of Topliss-reactive ketones (excluding diaryl/α,β-unsaturated/α-hetero) is 1. The number of ketones is 1. The van der Waals surface area contributed by atoms with E-state index in [1.165, 1.54) is 0 Å². The lowest BCUT2D eigenvalue weighted by Gasteiger charge is -2.44. The quantitative estimate of drug-likeness (QED) is 0.695. The van der Waals surface area contributed by atoms with E-state index in [2.05, 4.69) is 0 Å². The number of nitrogens with zero attached hydrogens (tertiary/aromatic N) is 2. The molecule has 0 bridgehead atoms. The van der Waals surface area contributed by atoms with E-state index in [-0.39, 0.29) is 29.9 Å². The van der Waals surface area contributed by atoms with Crippen molar-refractivity contribution >= 4 is 23.3 Å². The second-order valence-corrected chi connectivity index (χ2v) is 9.77. The van der Waals surface area contributed by atoms with E-state index in [0.717, 1.165) is 22.6 Å². The second-order valence-electron chi connectivity index (χ2n) is 9.77. The van der Waals surface area contributed by atoms with Crippen LogP contribution in [0.3, 0.4) is 0 Å². The molecule has 2 amide bonds. The molecular formula is C27H30N2O5. The highest BCUT2D eigenvalue weighted by molar-refractivity contribution is 6.01. The predicted octanol–water partition coefficient (Wildman–Crippen LogP) is 3.69. The molecule has 178 valence electrons. The van der Waals surface area contributed by atoms with E-state index in [1.807, 2.05) is 55.1 Å². The summed E-state index contributed by atoms with van der Waals surface area (Å²) in [6.45, 7) is 5.40. The number of aryl methyl sites for hydroxylation is 2. The molecule has 0 N–H and O–H groups in total. The number of piperidine rings is 1. The molecule has 7 nitrogen and oxygen atoms in total. The van der Waals surface area contributed by atoms with Crippen LogP contribution in [0.15, 0.2) is 36.4 Å². The largest absolute Gasteiger partial charge is 0.497 e. The van der Waals surface area contributed by atoms with Gasteiger partial charge in [-0.15, -0.1) is 0 Å². The maximum atomic E-state index is 13.3. The first-order valence-corrected chi connectivity index (χ1v) is 11.9. The Morgan fingerprint density at radius 3 is 2.47 bits per heavy atom. The monoisotopic (exact) mass is 462 g/mol. The van der Waals surface area contributed by atoms with Crippen molar-refractivity contribution < 1.29 is 23.9 Å². The number of carbonyl (C=O) groups is 3. The highest BCUT2D eigenvalue weighted by Crippen LogP contribution is 2.42. The number of carbonyl (C=O) groups excluding carboxylic acids is 3. The van der Waals surface area contributed by atoms with Crippen LogP contribution in [0.2, 0.25) is 0 Å². The number of hydrogen-bond donors (Lipinski definition) is 0. The number of likely N-dealkylation sites (tertiary alicyclic amines) is 1. The first-order chi connectivity index (χ1) is 16.3. The molecule has 3 aliphatic rings. The smallest absolute Gasteiger partial charge is 0.228 e. The van der Waals surface area contributed by atoms with Crippen LogP contribution in [0, 0.1) is 19.8 Å². The number of rotatable bonds is 3. The van der Waals surface area contributed by atoms with Gasteiger partial charge in [0.2, 0.25) is 11.8 Å².